The van der Waals surface area contributed by atoms with Crippen LogP contribution in [0.3, 0.4) is 0 Å². The van der Waals surface area contributed by atoms with Gasteiger partial charge in [-0.2, -0.15) is 0 Å². The standard InChI is InChI=1S/C16H26O5/c1-4-6-7-13(5-2)8-9-14(17)11-21-16(20)12(3)10-15(18)19/h13H,3-11H2,1-2H3,(H,18,19). The van der Waals surface area contributed by atoms with Gasteiger partial charge in [0.1, 0.15) is 6.61 Å². The van der Waals surface area contributed by atoms with Crippen molar-refractivity contribution in [3.8, 4) is 0 Å². The van der Waals surface area contributed by atoms with Crippen LogP contribution < -0.4 is 0 Å². The molecular formula is C16H26O5. The van der Waals surface area contributed by atoms with Crippen molar-refractivity contribution < 1.29 is 24.2 Å². The summed E-state index contributed by atoms with van der Waals surface area (Å²) in [5.74, 6) is -1.57. The summed E-state index contributed by atoms with van der Waals surface area (Å²) in [6.07, 6.45) is 5.20. The number of ketones is 1. The Labute approximate surface area is 126 Å². The van der Waals surface area contributed by atoms with E-state index < -0.39 is 18.4 Å². The van der Waals surface area contributed by atoms with Crippen molar-refractivity contribution >= 4 is 17.7 Å². The number of esters is 1. The minimum Gasteiger partial charge on any atom is -0.481 e. The number of unbranched alkanes of at least 4 members (excludes halogenated alkanes) is 1. The van der Waals surface area contributed by atoms with Gasteiger partial charge in [-0.1, -0.05) is 46.1 Å². The third kappa shape index (κ3) is 9.82. The summed E-state index contributed by atoms with van der Waals surface area (Å²) in [7, 11) is 0. The highest BCUT2D eigenvalue weighted by atomic mass is 16.5. The molecule has 0 rings (SSSR count). The minimum absolute atomic E-state index is 0.138. The first-order valence-corrected chi connectivity index (χ1v) is 7.49. The van der Waals surface area contributed by atoms with Gasteiger partial charge in [0.25, 0.3) is 0 Å². The lowest BCUT2D eigenvalue weighted by Gasteiger charge is -2.13. The van der Waals surface area contributed by atoms with Crippen molar-refractivity contribution in [2.24, 2.45) is 5.92 Å². The van der Waals surface area contributed by atoms with Gasteiger partial charge in [0.05, 0.1) is 6.42 Å². The van der Waals surface area contributed by atoms with Gasteiger partial charge in [-0.05, 0) is 12.3 Å². The van der Waals surface area contributed by atoms with Crippen LogP contribution in [0.5, 0.6) is 0 Å². The van der Waals surface area contributed by atoms with Crippen LogP contribution in [0.15, 0.2) is 12.2 Å². The molecule has 1 atom stereocenters. The van der Waals surface area contributed by atoms with Crippen molar-refractivity contribution in [3.63, 3.8) is 0 Å². The van der Waals surface area contributed by atoms with Gasteiger partial charge in [-0.25, -0.2) is 4.79 Å². The first kappa shape index (κ1) is 19.4. The van der Waals surface area contributed by atoms with E-state index in [4.69, 9.17) is 9.84 Å². The molecule has 0 aromatic carbocycles. The molecule has 120 valence electrons. The number of carboxylic acids is 1. The topological polar surface area (TPSA) is 80.7 Å². The lowest BCUT2D eigenvalue weighted by Crippen LogP contribution is -2.17. The molecule has 0 fully saturated rings. The van der Waals surface area contributed by atoms with E-state index in [1.807, 2.05) is 0 Å². The first-order chi connectivity index (χ1) is 9.90. The number of aliphatic carboxylic acids is 1. The Morgan fingerprint density at radius 3 is 2.38 bits per heavy atom. The Morgan fingerprint density at radius 1 is 1.19 bits per heavy atom. The molecule has 0 radical (unpaired) electrons. The molecule has 0 aromatic rings. The molecule has 0 heterocycles. The zero-order valence-corrected chi connectivity index (χ0v) is 13.0. The summed E-state index contributed by atoms with van der Waals surface area (Å²) >= 11 is 0. The molecule has 0 spiro atoms. The molecule has 0 saturated carbocycles. The van der Waals surface area contributed by atoms with Crippen molar-refractivity contribution in [3.05, 3.63) is 12.2 Å². The summed E-state index contributed by atoms with van der Waals surface area (Å²) in [4.78, 5) is 33.5. The smallest absolute Gasteiger partial charge is 0.334 e. The summed E-state index contributed by atoms with van der Waals surface area (Å²) < 4.78 is 4.76. The number of ether oxygens (including phenoxy) is 1. The second kappa shape index (κ2) is 11.1. The fourth-order valence-corrected chi connectivity index (χ4v) is 1.99. The van der Waals surface area contributed by atoms with Gasteiger partial charge >= 0.3 is 11.9 Å². The molecule has 5 heteroatoms. The number of rotatable bonds is 12. The van der Waals surface area contributed by atoms with Crippen LogP contribution in [-0.2, 0) is 19.1 Å². The highest BCUT2D eigenvalue weighted by Gasteiger charge is 2.15. The largest absolute Gasteiger partial charge is 0.481 e. The predicted octanol–water partition coefficient (Wildman–Crippen LogP) is 3.13. The van der Waals surface area contributed by atoms with Crippen LogP contribution in [0.2, 0.25) is 0 Å². The molecule has 0 aromatic heterocycles. The molecular weight excluding hydrogens is 272 g/mol. The molecule has 0 bridgehead atoms. The maximum atomic E-state index is 11.7. The van der Waals surface area contributed by atoms with E-state index in [0.717, 1.165) is 32.1 Å². The molecule has 21 heavy (non-hydrogen) atoms. The van der Waals surface area contributed by atoms with E-state index in [0.29, 0.717) is 12.3 Å². The van der Waals surface area contributed by atoms with E-state index >= 15 is 0 Å². The summed E-state index contributed by atoms with van der Waals surface area (Å²) in [5, 5.41) is 8.52. The van der Waals surface area contributed by atoms with Gasteiger partial charge in [-0.15, -0.1) is 0 Å². The molecule has 0 aliphatic rings. The van der Waals surface area contributed by atoms with Crippen LogP contribution in [0.4, 0.5) is 0 Å². The molecule has 5 nitrogen and oxygen atoms in total. The lowest BCUT2D eigenvalue weighted by atomic mass is 9.93. The third-order valence-corrected chi connectivity index (χ3v) is 3.39. The SMILES string of the molecule is C=C(CC(=O)O)C(=O)OCC(=O)CCC(CC)CCCC. The van der Waals surface area contributed by atoms with Crippen molar-refractivity contribution in [2.75, 3.05) is 6.61 Å². The van der Waals surface area contributed by atoms with Crippen LogP contribution in [-0.4, -0.2) is 29.4 Å². The summed E-state index contributed by atoms with van der Waals surface area (Å²) in [6, 6.07) is 0. The van der Waals surface area contributed by atoms with Crippen molar-refractivity contribution in [2.45, 2.75) is 58.8 Å². The average Bonchev–Trinajstić information content (AvgIpc) is 2.44. The monoisotopic (exact) mass is 298 g/mol. The number of carbonyl (C=O) groups is 3. The number of Topliss-reactive ketones (excluding diaryl/α,β-unsaturated/α-hetero) is 1. The van der Waals surface area contributed by atoms with E-state index in [2.05, 4.69) is 20.4 Å². The highest BCUT2D eigenvalue weighted by Crippen LogP contribution is 2.18. The zero-order valence-electron chi connectivity index (χ0n) is 13.0. The Balaban J connectivity index is 3.96. The summed E-state index contributed by atoms with van der Waals surface area (Å²) in [5.41, 5.74) is -0.148. The lowest BCUT2D eigenvalue weighted by molar-refractivity contribution is -0.146. The maximum Gasteiger partial charge on any atom is 0.334 e. The quantitative estimate of drug-likeness (QED) is 0.442. The number of hydrogen-bond donors (Lipinski definition) is 1. The maximum absolute atomic E-state index is 11.7. The molecule has 0 amide bonds. The van der Waals surface area contributed by atoms with E-state index in [9.17, 15) is 14.4 Å². The number of hydrogen-bond acceptors (Lipinski definition) is 4. The van der Waals surface area contributed by atoms with Gasteiger partial charge in [0.15, 0.2) is 5.78 Å². The van der Waals surface area contributed by atoms with E-state index in [1.54, 1.807) is 0 Å². The second-order valence-electron chi connectivity index (χ2n) is 5.24. The van der Waals surface area contributed by atoms with Crippen LogP contribution in [0, 0.1) is 5.92 Å². The van der Waals surface area contributed by atoms with Crippen LogP contribution >= 0.6 is 0 Å². The Hall–Kier alpha value is -1.65. The molecule has 0 saturated heterocycles. The second-order valence-corrected chi connectivity index (χ2v) is 5.24. The van der Waals surface area contributed by atoms with Crippen molar-refractivity contribution in [1.29, 1.82) is 0 Å². The normalized spacial score (nSPS) is 11.7. The highest BCUT2D eigenvalue weighted by molar-refractivity contribution is 5.94. The fourth-order valence-electron chi connectivity index (χ4n) is 1.99. The molecule has 0 aliphatic heterocycles. The average molecular weight is 298 g/mol. The predicted molar refractivity (Wildman–Crippen MR) is 79.9 cm³/mol. The Bertz CT molecular complexity index is 373. The van der Waals surface area contributed by atoms with Gasteiger partial charge in [-0.3, -0.25) is 9.59 Å². The molecule has 1 N–H and O–H groups in total. The zero-order chi connectivity index (χ0) is 16.3. The minimum atomic E-state index is -1.15. The number of carboxylic acid groups (broad SMARTS) is 1. The molecule has 1 unspecified atom stereocenters. The fraction of sp³-hybridized carbons (Fsp3) is 0.688. The van der Waals surface area contributed by atoms with Gasteiger partial charge in [0.2, 0.25) is 0 Å². The Morgan fingerprint density at radius 2 is 1.86 bits per heavy atom. The Kier molecular flexibility index (Phi) is 10.2. The van der Waals surface area contributed by atoms with Crippen LogP contribution in [0.1, 0.15) is 58.8 Å². The van der Waals surface area contributed by atoms with E-state index in [-0.39, 0.29) is 18.0 Å². The van der Waals surface area contributed by atoms with Crippen molar-refractivity contribution in [1.82, 2.24) is 0 Å². The molecule has 0 aliphatic carbocycles. The third-order valence-electron chi connectivity index (χ3n) is 3.39. The van der Waals surface area contributed by atoms with Crippen LogP contribution in [0.25, 0.3) is 0 Å². The van der Waals surface area contributed by atoms with Gasteiger partial charge < -0.3 is 9.84 Å². The van der Waals surface area contributed by atoms with Gasteiger partial charge in [0, 0.05) is 12.0 Å². The first-order valence-electron chi connectivity index (χ1n) is 7.49. The number of carbonyl (C=O) groups excluding carboxylic acids is 2. The summed E-state index contributed by atoms with van der Waals surface area (Å²) in [6.45, 7) is 7.28. The van der Waals surface area contributed by atoms with E-state index in [1.165, 1.54) is 0 Å².